The highest BCUT2D eigenvalue weighted by molar-refractivity contribution is 6.32. The predicted octanol–water partition coefficient (Wildman–Crippen LogP) is 6.82. The number of carboxylic acids is 2. The van der Waals surface area contributed by atoms with Gasteiger partial charge in [-0.3, -0.25) is 9.59 Å². The summed E-state index contributed by atoms with van der Waals surface area (Å²) in [7, 11) is 2.97. The molecule has 2 aromatic carbocycles. The predicted molar refractivity (Wildman–Crippen MR) is 182 cm³/mol. The van der Waals surface area contributed by atoms with Crippen LogP contribution >= 0.6 is 23.2 Å². The number of ether oxygens (including phenoxy) is 4. The van der Waals surface area contributed by atoms with Crippen LogP contribution in [0.5, 0.6) is 23.5 Å². The highest BCUT2D eigenvalue weighted by Gasteiger charge is 2.17. The number of benzene rings is 2. The lowest BCUT2D eigenvalue weighted by atomic mass is 9.92. The van der Waals surface area contributed by atoms with Gasteiger partial charge in [-0.05, 0) is 72.2 Å². The van der Waals surface area contributed by atoms with Crippen molar-refractivity contribution in [2.45, 2.75) is 52.9 Å². The first kappa shape index (κ1) is 36.3. The number of carboxylic acid groups (broad SMARTS) is 2. The Hall–Kier alpha value is -4.58. The van der Waals surface area contributed by atoms with E-state index in [1.54, 1.807) is 12.1 Å². The molecule has 3 N–H and O–H groups in total. The molecule has 2 heterocycles. The Morgan fingerprint density at radius 3 is 1.71 bits per heavy atom. The van der Waals surface area contributed by atoms with E-state index >= 15 is 0 Å². The number of hydrogen-bond acceptors (Lipinski definition) is 9. The standard InChI is InChI=1S/C35H37Cl2N3O8/c1-20-23(18-47-34-28(36)14-22(32(39-34)45-3)8-7-13-30(41)42)9-5-11-26(20)27-12-6-10-24(21(27)2)19-48-35-29(37)15-25(33(40-35)46-4)16-38-17-31(43)44/h5-6,9-12,14-15,38H,7-8,13,16-19H2,1-4H3,(H,41,42)(H,43,44). The second kappa shape index (κ2) is 17.0. The van der Waals surface area contributed by atoms with Crippen LogP contribution in [0.3, 0.4) is 0 Å². The minimum absolute atomic E-state index is 0.0372. The van der Waals surface area contributed by atoms with Crippen LogP contribution in [0.25, 0.3) is 11.1 Å². The minimum Gasteiger partial charge on any atom is -0.481 e. The van der Waals surface area contributed by atoms with Gasteiger partial charge in [-0.2, -0.15) is 9.97 Å². The second-order valence-electron chi connectivity index (χ2n) is 10.9. The lowest BCUT2D eigenvalue weighted by Crippen LogP contribution is -2.22. The molecule has 0 aliphatic heterocycles. The summed E-state index contributed by atoms with van der Waals surface area (Å²) in [4.78, 5) is 30.6. The summed E-state index contributed by atoms with van der Waals surface area (Å²) in [6, 6.07) is 15.3. The molecule has 254 valence electrons. The number of hydrogen-bond donors (Lipinski definition) is 3. The van der Waals surface area contributed by atoms with Gasteiger partial charge in [0.2, 0.25) is 23.5 Å². The van der Waals surface area contributed by atoms with Gasteiger partial charge in [0.25, 0.3) is 0 Å². The summed E-state index contributed by atoms with van der Waals surface area (Å²) in [5.41, 5.74) is 7.29. The third kappa shape index (κ3) is 9.27. The Kier molecular flexibility index (Phi) is 12.8. The van der Waals surface area contributed by atoms with Gasteiger partial charge in [0.1, 0.15) is 23.3 Å². The fourth-order valence-corrected chi connectivity index (χ4v) is 5.60. The fourth-order valence-electron chi connectivity index (χ4n) is 5.14. The zero-order chi connectivity index (χ0) is 34.8. The molecule has 48 heavy (non-hydrogen) atoms. The molecule has 0 saturated heterocycles. The molecular formula is C35H37Cl2N3O8. The van der Waals surface area contributed by atoms with E-state index in [0.717, 1.165) is 33.4 Å². The Morgan fingerprint density at radius 1 is 0.729 bits per heavy atom. The SMILES string of the molecule is COc1nc(OCc2cccc(-c3cccc(COc4nc(OC)c(CNCC(=O)O)cc4Cl)c3C)c2C)c(Cl)cc1CCCC(=O)O. The number of aryl methyl sites for hydroxylation is 1. The van der Waals surface area contributed by atoms with Crippen molar-refractivity contribution in [2.24, 2.45) is 0 Å². The Labute approximate surface area is 288 Å². The van der Waals surface area contributed by atoms with E-state index in [1.807, 2.05) is 50.2 Å². The molecule has 0 aliphatic carbocycles. The maximum absolute atomic E-state index is 10.9. The molecule has 0 amide bonds. The van der Waals surface area contributed by atoms with Crippen molar-refractivity contribution in [1.82, 2.24) is 15.3 Å². The van der Waals surface area contributed by atoms with Crippen LogP contribution in [0, 0.1) is 13.8 Å². The van der Waals surface area contributed by atoms with Crippen molar-refractivity contribution in [3.05, 3.63) is 92.0 Å². The van der Waals surface area contributed by atoms with Crippen LogP contribution in [-0.4, -0.2) is 52.9 Å². The first-order valence-electron chi connectivity index (χ1n) is 15.1. The van der Waals surface area contributed by atoms with Crippen LogP contribution in [0.15, 0.2) is 48.5 Å². The van der Waals surface area contributed by atoms with Crippen LogP contribution in [0.2, 0.25) is 10.0 Å². The average Bonchev–Trinajstić information content (AvgIpc) is 3.05. The summed E-state index contributed by atoms with van der Waals surface area (Å²) in [5, 5.41) is 21.2. The summed E-state index contributed by atoms with van der Waals surface area (Å²) in [6.07, 6.45) is 0.936. The minimum atomic E-state index is -0.973. The topological polar surface area (TPSA) is 149 Å². The van der Waals surface area contributed by atoms with Crippen molar-refractivity contribution < 1.29 is 38.7 Å². The maximum Gasteiger partial charge on any atom is 0.317 e. The normalized spacial score (nSPS) is 10.9. The Bertz CT molecular complexity index is 1650. The Morgan fingerprint density at radius 2 is 1.23 bits per heavy atom. The number of halogens is 2. The number of aliphatic carboxylic acids is 2. The van der Waals surface area contributed by atoms with Crippen molar-refractivity contribution in [3.8, 4) is 34.6 Å². The van der Waals surface area contributed by atoms with E-state index in [0.29, 0.717) is 34.9 Å². The quantitative estimate of drug-likeness (QED) is 0.107. The monoisotopic (exact) mass is 697 g/mol. The number of carbonyl (C=O) groups is 2. The summed E-state index contributed by atoms with van der Waals surface area (Å²) in [5.74, 6) is -0.778. The summed E-state index contributed by atoms with van der Waals surface area (Å²) >= 11 is 13.0. The molecule has 0 unspecified atom stereocenters. The van der Waals surface area contributed by atoms with Gasteiger partial charge < -0.3 is 34.5 Å². The van der Waals surface area contributed by atoms with Gasteiger partial charge >= 0.3 is 11.9 Å². The highest BCUT2D eigenvalue weighted by atomic mass is 35.5. The third-order valence-corrected chi connectivity index (χ3v) is 8.23. The van der Waals surface area contributed by atoms with Gasteiger partial charge in [-0.15, -0.1) is 0 Å². The molecule has 0 radical (unpaired) electrons. The van der Waals surface area contributed by atoms with E-state index in [-0.39, 0.29) is 55.4 Å². The van der Waals surface area contributed by atoms with Gasteiger partial charge in [0.05, 0.1) is 20.8 Å². The molecule has 0 saturated carbocycles. The van der Waals surface area contributed by atoms with Crippen molar-refractivity contribution in [1.29, 1.82) is 0 Å². The van der Waals surface area contributed by atoms with Crippen molar-refractivity contribution >= 4 is 35.1 Å². The van der Waals surface area contributed by atoms with Gasteiger partial charge in [0.15, 0.2) is 0 Å². The van der Waals surface area contributed by atoms with Crippen molar-refractivity contribution in [3.63, 3.8) is 0 Å². The van der Waals surface area contributed by atoms with Gasteiger partial charge in [-0.1, -0.05) is 59.6 Å². The third-order valence-electron chi connectivity index (χ3n) is 7.69. The average molecular weight is 699 g/mol. The van der Waals surface area contributed by atoms with E-state index in [4.69, 9.17) is 52.4 Å². The zero-order valence-electron chi connectivity index (χ0n) is 27.1. The zero-order valence-corrected chi connectivity index (χ0v) is 28.6. The molecule has 0 bridgehead atoms. The summed E-state index contributed by atoms with van der Waals surface area (Å²) in [6.45, 7) is 4.47. The molecule has 0 atom stereocenters. The maximum atomic E-state index is 10.9. The van der Waals surface area contributed by atoms with Crippen LogP contribution in [-0.2, 0) is 35.8 Å². The molecule has 0 fully saturated rings. The largest absolute Gasteiger partial charge is 0.481 e. The van der Waals surface area contributed by atoms with Crippen LogP contribution in [0.4, 0.5) is 0 Å². The van der Waals surface area contributed by atoms with Gasteiger partial charge in [-0.25, -0.2) is 0 Å². The highest BCUT2D eigenvalue weighted by Crippen LogP contribution is 2.34. The molecule has 11 nitrogen and oxygen atoms in total. The van der Waals surface area contributed by atoms with Gasteiger partial charge in [0, 0.05) is 24.1 Å². The molecule has 4 rings (SSSR count). The molecule has 2 aromatic heterocycles. The number of aromatic nitrogens is 2. The number of methoxy groups -OCH3 is 2. The first-order valence-corrected chi connectivity index (χ1v) is 15.8. The van der Waals surface area contributed by atoms with E-state index in [2.05, 4.69) is 15.3 Å². The van der Waals surface area contributed by atoms with E-state index < -0.39 is 11.9 Å². The van der Waals surface area contributed by atoms with Crippen LogP contribution < -0.4 is 24.3 Å². The number of nitrogens with one attached hydrogen (secondary N) is 1. The summed E-state index contributed by atoms with van der Waals surface area (Å²) < 4.78 is 22.9. The second-order valence-corrected chi connectivity index (χ2v) is 11.7. The molecule has 0 aliphatic rings. The molecule has 4 aromatic rings. The lowest BCUT2D eigenvalue weighted by Gasteiger charge is -2.17. The first-order chi connectivity index (χ1) is 23.0. The number of pyridine rings is 2. The van der Waals surface area contributed by atoms with Crippen LogP contribution in [0.1, 0.15) is 46.2 Å². The van der Waals surface area contributed by atoms with E-state index in [1.165, 1.54) is 14.2 Å². The number of nitrogens with zero attached hydrogens (tertiary/aromatic N) is 2. The number of rotatable bonds is 17. The molecule has 13 heteroatoms. The molecular weight excluding hydrogens is 661 g/mol. The van der Waals surface area contributed by atoms with E-state index in [9.17, 15) is 9.59 Å². The molecule has 0 spiro atoms. The smallest absolute Gasteiger partial charge is 0.317 e. The lowest BCUT2D eigenvalue weighted by molar-refractivity contribution is -0.137. The fraction of sp³-hybridized carbons (Fsp3) is 0.314. The Balaban J connectivity index is 1.49. The van der Waals surface area contributed by atoms with Crippen molar-refractivity contribution in [2.75, 3.05) is 20.8 Å².